The van der Waals surface area contributed by atoms with Crippen LogP contribution in [0.1, 0.15) is 19.5 Å². The second-order valence-electron chi connectivity index (χ2n) is 3.94. The van der Waals surface area contributed by atoms with Crippen LogP contribution in [0, 0.1) is 5.92 Å². The number of rotatable bonds is 5. The van der Waals surface area contributed by atoms with E-state index in [2.05, 4.69) is 18.9 Å². The van der Waals surface area contributed by atoms with Gasteiger partial charge in [-0.1, -0.05) is 13.8 Å². The summed E-state index contributed by atoms with van der Waals surface area (Å²) in [6.45, 7) is 4.42. The van der Waals surface area contributed by atoms with Crippen LogP contribution in [0.3, 0.4) is 0 Å². The summed E-state index contributed by atoms with van der Waals surface area (Å²) in [5.41, 5.74) is 1.10. The number of nitrogens with zero attached hydrogens (tertiary/aromatic N) is 2. The molecule has 80 valence electrons. The Bertz CT molecular complexity index is 271. The van der Waals surface area contributed by atoms with E-state index in [9.17, 15) is 5.11 Å². The van der Waals surface area contributed by atoms with Crippen LogP contribution >= 0.6 is 0 Å². The Morgan fingerprint density at radius 1 is 1.50 bits per heavy atom. The third-order valence-electron chi connectivity index (χ3n) is 2.02. The zero-order valence-electron chi connectivity index (χ0n) is 8.72. The second kappa shape index (κ2) is 5.12. The third kappa shape index (κ3) is 3.12. The Morgan fingerprint density at radius 2 is 2.21 bits per heavy atom. The third-order valence-corrected chi connectivity index (χ3v) is 2.02. The van der Waals surface area contributed by atoms with Crippen LogP contribution in [-0.4, -0.2) is 32.7 Å². The summed E-state index contributed by atoms with van der Waals surface area (Å²) in [6, 6.07) is 1.95. The van der Waals surface area contributed by atoms with E-state index in [-0.39, 0.29) is 6.61 Å². The minimum absolute atomic E-state index is 0.221. The first-order valence-electron chi connectivity index (χ1n) is 4.93. The number of hydrogen-bond donors (Lipinski definition) is 2. The molecule has 1 unspecified atom stereocenters. The van der Waals surface area contributed by atoms with E-state index in [1.807, 2.05) is 6.07 Å². The molecule has 0 aromatic carbocycles. The fourth-order valence-corrected chi connectivity index (χ4v) is 1.37. The second-order valence-corrected chi connectivity index (χ2v) is 3.94. The predicted octanol–water partition coefficient (Wildman–Crippen LogP) is 0.435. The minimum atomic E-state index is -0.721. The van der Waals surface area contributed by atoms with Crippen LogP contribution < -0.4 is 0 Å². The van der Waals surface area contributed by atoms with Gasteiger partial charge in [-0.05, 0) is 18.4 Å². The fraction of sp³-hybridized carbons (Fsp3) is 0.700. The molecule has 4 nitrogen and oxygen atoms in total. The lowest BCUT2D eigenvalue weighted by Gasteiger charge is -2.12. The van der Waals surface area contributed by atoms with Crippen molar-refractivity contribution in [3.8, 4) is 0 Å². The molecule has 0 bridgehead atoms. The molecule has 0 fully saturated rings. The first kappa shape index (κ1) is 11.2. The van der Waals surface area contributed by atoms with Gasteiger partial charge in [0.1, 0.15) is 0 Å². The zero-order valence-corrected chi connectivity index (χ0v) is 8.72. The normalized spacial score (nSPS) is 13.5. The summed E-state index contributed by atoms with van der Waals surface area (Å²) in [5, 5.41) is 22.1. The van der Waals surface area contributed by atoms with Crippen LogP contribution in [0.5, 0.6) is 0 Å². The summed E-state index contributed by atoms with van der Waals surface area (Å²) in [7, 11) is 0. The van der Waals surface area contributed by atoms with Crippen LogP contribution in [0.2, 0.25) is 0 Å². The van der Waals surface area contributed by atoms with Crippen molar-refractivity contribution >= 4 is 0 Å². The number of aliphatic hydroxyl groups excluding tert-OH is 2. The van der Waals surface area contributed by atoms with Crippen LogP contribution in [0.4, 0.5) is 0 Å². The Labute approximate surface area is 84.2 Å². The quantitative estimate of drug-likeness (QED) is 0.721. The van der Waals surface area contributed by atoms with Crippen molar-refractivity contribution in [1.29, 1.82) is 0 Å². The summed E-state index contributed by atoms with van der Waals surface area (Å²) in [4.78, 5) is 0. The summed E-state index contributed by atoms with van der Waals surface area (Å²) < 4.78 is 1.75. The first-order valence-corrected chi connectivity index (χ1v) is 4.93. The standard InChI is InChI=1S/C10H18N2O2/c1-8(2)5-9-3-4-11-12(9)6-10(14)7-13/h3-4,8,10,13-14H,5-7H2,1-2H3. The van der Waals surface area contributed by atoms with E-state index in [0.717, 1.165) is 12.1 Å². The van der Waals surface area contributed by atoms with Gasteiger partial charge in [0, 0.05) is 11.9 Å². The topological polar surface area (TPSA) is 58.3 Å². The van der Waals surface area contributed by atoms with Gasteiger partial charge in [0.25, 0.3) is 0 Å². The number of aliphatic hydroxyl groups is 2. The predicted molar refractivity (Wildman–Crippen MR) is 53.9 cm³/mol. The monoisotopic (exact) mass is 198 g/mol. The molecule has 14 heavy (non-hydrogen) atoms. The molecule has 0 radical (unpaired) electrons. The SMILES string of the molecule is CC(C)Cc1ccnn1CC(O)CO. The molecule has 1 atom stereocenters. The van der Waals surface area contributed by atoms with Crippen LogP contribution in [-0.2, 0) is 13.0 Å². The van der Waals surface area contributed by atoms with Crippen molar-refractivity contribution in [1.82, 2.24) is 9.78 Å². The largest absolute Gasteiger partial charge is 0.394 e. The highest BCUT2D eigenvalue weighted by Gasteiger charge is 2.08. The molecule has 1 heterocycles. The van der Waals surface area contributed by atoms with Gasteiger partial charge in [0.05, 0.1) is 19.3 Å². The van der Waals surface area contributed by atoms with Gasteiger partial charge in [0.2, 0.25) is 0 Å². The van der Waals surface area contributed by atoms with Crippen LogP contribution in [0.25, 0.3) is 0 Å². The van der Waals surface area contributed by atoms with E-state index in [0.29, 0.717) is 12.5 Å². The van der Waals surface area contributed by atoms with Crippen molar-refractivity contribution in [2.75, 3.05) is 6.61 Å². The summed E-state index contributed by atoms with van der Waals surface area (Å²) in [5.74, 6) is 0.566. The molecule has 2 N–H and O–H groups in total. The molecule has 1 aromatic rings. The van der Waals surface area contributed by atoms with Gasteiger partial charge >= 0.3 is 0 Å². The lowest BCUT2D eigenvalue weighted by molar-refractivity contribution is 0.0774. The zero-order chi connectivity index (χ0) is 10.6. The molecule has 0 spiro atoms. The molecule has 0 amide bonds. The highest BCUT2D eigenvalue weighted by atomic mass is 16.3. The van der Waals surface area contributed by atoms with Crippen molar-refractivity contribution < 1.29 is 10.2 Å². The molecule has 4 heteroatoms. The molecule has 0 aliphatic heterocycles. The average molecular weight is 198 g/mol. The molecular weight excluding hydrogens is 180 g/mol. The maximum atomic E-state index is 9.28. The molecule has 1 aromatic heterocycles. The van der Waals surface area contributed by atoms with Gasteiger partial charge in [0.15, 0.2) is 0 Å². The highest BCUT2D eigenvalue weighted by molar-refractivity contribution is 5.01. The molecule has 1 rings (SSSR count). The molecule has 0 saturated carbocycles. The summed E-state index contributed by atoms with van der Waals surface area (Å²) >= 11 is 0. The van der Waals surface area contributed by atoms with Crippen molar-refractivity contribution in [3.05, 3.63) is 18.0 Å². The Balaban J connectivity index is 2.62. The molecule has 0 aliphatic rings. The molecule has 0 aliphatic carbocycles. The maximum Gasteiger partial charge on any atom is 0.0966 e. The Morgan fingerprint density at radius 3 is 2.79 bits per heavy atom. The number of hydrogen-bond acceptors (Lipinski definition) is 3. The van der Waals surface area contributed by atoms with Gasteiger partial charge in [-0.3, -0.25) is 4.68 Å². The van der Waals surface area contributed by atoms with Gasteiger partial charge in [-0.2, -0.15) is 5.10 Å². The Kier molecular flexibility index (Phi) is 4.10. The van der Waals surface area contributed by atoms with Gasteiger partial charge < -0.3 is 10.2 Å². The molecular formula is C10H18N2O2. The van der Waals surface area contributed by atoms with E-state index in [4.69, 9.17) is 5.11 Å². The molecule has 0 saturated heterocycles. The van der Waals surface area contributed by atoms with E-state index >= 15 is 0 Å². The van der Waals surface area contributed by atoms with Crippen LogP contribution in [0.15, 0.2) is 12.3 Å². The van der Waals surface area contributed by atoms with Crippen molar-refractivity contribution in [2.24, 2.45) is 5.92 Å². The maximum absolute atomic E-state index is 9.28. The fourth-order valence-electron chi connectivity index (χ4n) is 1.37. The van der Waals surface area contributed by atoms with Gasteiger partial charge in [-0.15, -0.1) is 0 Å². The smallest absolute Gasteiger partial charge is 0.0966 e. The van der Waals surface area contributed by atoms with E-state index < -0.39 is 6.10 Å². The average Bonchev–Trinajstić information content (AvgIpc) is 2.52. The van der Waals surface area contributed by atoms with E-state index in [1.165, 1.54) is 0 Å². The Hall–Kier alpha value is -0.870. The number of aromatic nitrogens is 2. The highest BCUT2D eigenvalue weighted by Crippen LogP contribution is 2.07. The van der Waals surface area contributed by atoms with Gasteiger partial charge in [-0.25, -0.2) is 0 Å². The summed E-state index contributed by atoms with van der Waals surface area (Å²) in [6.07, 6.45) is 1.95. The van der Waals surface area contributed by atoms with E-state index in [1.54, 1.807) is 10.9 Å². The first-order chi connectivity index (χ1) is 6.63. The lowest BCUT2D eigenvalue weighted by Crippen LogP contribution is -2.22. The minimum Gasteiger partial charge on any atom is -0.394 e. The lowest BCUT2D eigenvalue weighted by atomic mass is 10.1. The van der Waals surface area contributed by atoms with Crippen molar-refractivity contribution in [2.45, 2.75) is 32.9 Å². The van der Waals surface area contributed by atoms with Crippen molar-refractivity contribution in [3.63, 3.8) is 0 Å².